The van der Waals surface area contributed by atoms with Gasteiger partial charge in [0.05, 0.1) is 11.6 Å². The van der Waals surface area contributed by atoms with Crippen molar-refractivity contribution in [2.24, 2.45) is 0 Å². The molecular weight excluding hydrogens is 315 g/mol. The van der Waals surface area contributed by atoms with Gasteiger partial charge in [-0.15, -0.1) is 0 Å². The zero-order valence-corrected chi connectivity index (χ0v) is 14.0. The summed E-state index contributed by atoms with van der Waals surface area (Å²) in [4.78, 5) is 0. The Bertz CT molecular complexity index is 811. The lowest BCUT2D eigenvalue weighted by Gasteiger charge is -2.14. The van der Waals surface area contributed by atoms with Crippen molar-refractivity contribution >= 4 is 44.7 Å². The van der Waals surface area contributed by atoms with Gasteiger partial charge in [-0.1, -0.05) is 67.2 Å². The van der Waals surface area contributed by atoms with Crippen molar-refractivity contribution in [2.45, 2.75) is 26.2 Å². The monoisotopic (exact) mass is 332 g/mol. The van der Waals surface area contributed by atoms with Crippen LogP contribution in [0.5, 0.6) is 5.75 Å². The Kier molecular flexibility index (Phi) is 4.75. The molecule has 22 heavy (non-hydrogen) atoms. The zero-order chi connectivity index (χ0) is 15.5. The SMILES string of the molecule is CCCCCOc1c2cccc(Cl)c2cc2cccc(Cl)c12. The zero-order valence-electron chi connectivity index (χ0n) is 12.5. The molecular formula is C19H18Cl2O. The van der Waals surface area contributed by atoms with Crippen LogP contribution < -0.4 is 4.74 Å². The van der Waals surface area contributed by atoms with Crippen LogP contribution in [0, 0.1) is 0 Å². The number of hydrogen-bond donors (Lipinski definition) is 0. The van der Waals surface area contributed by atoms with Crippen LogP contribution in [0.25, 0.3) is 21.5 Å². The fraction of sp³-hybridized carbons (Fsp3) is 0.263. The van der Waals surface area contributed by atoms with Crippen molar-refractivity contribution < 1.29 is 4.74 Å². The van der Waals surface area contributed by atoms with E-state index in [1.54, 1.807) is 0 Å². The van der Waals surface area contributed by atoms with E-state index in [4.69, 9.17) is 27.9 Å². The first-order chi connectivity index (χ1) is 10.7. The minimum atomic E-state index is 0.694. The van der Waals surface area contributed by atoms with Crippen molar-refractivity contribution in [3.05, 3.63) is 52.5 Å². The van der Waals surface area contributed by atoms with Gasteiger partial charge in [0, 0.05) is 21.2 Å². The van der Waals surface area contributed by atoms with Gasteiger partial charge >= 0.3 is 0 Å². The lowest BCUT2D eigenvalue weighted by molar-refractivity contribution is 0.313. The van der Waals surface area contributed by atoms with Crippen LogP contribution >= 0.6 is 23.2 Å². The Balaban J connectivity index is 2.20. The molecule has 3 aromatic carbocycles. The summed E-state index contributed by atoms with van der Waals surface area (Å²) in [5.74, 6) is 0.844. The van der Waals surface area contributed by atoms with E-state index in [0.29, 0.717) is 11.6 Å². The number of unbranched alkanes of at least 4 members (excludes halogenated alkanes) is 2. The molecule has 0 unspecified atom stereocenters. The molecule has 3 rings (SSSR count). The van der Waals surface area contributed by atoms with Gasteiger partial charge in [0.1, 0.15) is 5.75 Å². The maximum atomic E-state index is 6.43. The smallest absolute Gasteiger partial charge is 0.136 e. The molecule has 0 heterocycles. The van der Waals surface area contributed by atoms with E-state index >= 15 is 0 Å². The Morgan fingerprint density at radius 3 is 2.50 bits per heavy atom. The molecule has 0 bridgehead atoms. The molecule has 1 nitrogen and oxygen atoms in total. The highest BCUT2D eigenvalue weighted by molar-refractivity contribution is 6.39. The van der Waals surface area contributed by atoms with Crippen molar-refractivity contribution in [3.8, 4) is 5.75 Å². The molecule has 0 fully saturated rings. The van der Waals surface area contributed by atoms with E-state index < -0.39 is 0 Å². The number of ether oxygens (including phenoxy) is 1. The maximum Gasteiger partial charge on any atom is 0.136 e. The van der Waals surface area contributed by atoms with Crippen LogP contribution in [-0.4, -0.2) is 6.61 Å². The summed E-state index contributed by atoms with van der Waals surface area (Å²) < 4.78 is 6.13. The lowest BCUT2D eigenvalue weighted by atomic mass is 10.0. The van der Waals surface area contributed by atoms with E-state index in [1.165, 1.54) is 6.42 Å². The quantitative estimate of drug-likeness (QED) is 0.366. The molecule has 0 spiro atoms. The Hall–Kier alpha value is -1.44. The number of fused-ring (bicyclic) bond motifs is 2. The van der Waals surface area contributed by atoms with Crippen LogP contribution in [0.4, 0.5) is 0 Å². The molecule has 0 N–H and O–H groups in total. The van der Waals surface area contributed by atoms with Gasteiger partial charge in [-0.05, 0) is 30.0 Å². The first-order valence-corrected chi connectivity index (χ1v) is 8.40. The average molecular weight is 333 g/mol. The van der Waals surface area contributed by atoms with Gasteiger partial charge in [-0.25, -0.2) is 0 Å². The van der Waals surface area contributed by atoms with Crippen LogP contribution in [0.1, 0.15) is 26.2 Å². The van der Waals surface area contributed by atoms with Crippen LogP contribution in [0.15, 0.2) is 42.5 Å². The summed E-state index contributed by atoms with van der Waals surface area (Å²) in [6, 6.07) is 13.9. The van der Waals surface area contributed by atoms with Gasteiger partial charge in [-0.3, -0.25) is 0 Å². The fourth-order valence-electron chi connectivity index (χ4n) is 2.75. The fourth-order valence-corrected chi connectivity index (χ4v) is 3.25. The van der Waals surface area contributed by atoms with E-state index in [-0.39, 0.29) is 0 Å². The number of hydrogen-bond acceptors (Lipinski definition) is 1. The summed E-state index contributed by atoms with van der Waals surface area (Å²) in [6.07, 6.45) is 3.38. The second-order valence-corrected chi connectivity index (χ2v) is 6.25. The van der Waals surface area contributed by atoms with E-state index in [2.05, 4.69) is 13.0 Å². The van der Waals surface area contributed by atoms with E-state index in [0.717, 1.165) is 45.2 Å². The summed E-state index contributed by atoms with van der Waals surface area (Å²) in [6.45, 7) is 2.88. The molecule has 0 saturated carbocycles. The maximum absolute atomic E-state index is 6.43. The molecule has 114 valence electrons. The summed E-state index contributed by atoms with van der Waals surface area (Å²) >= 11 is 12.8. The van der Waals surface area contributed by atoms with Crippen molar-refractivity contribution in [1.29, 1.82) is 0 Å². The van der Waals surface area contributed by atoms with Crippen LogP contribution in [0.3, 0.4) is 0 Å². The van der Waals surface area contributed by atoms with Gasteiger partial charge < -0.3 is 4.74 Å². The third-order valence-electron chi connectivity index (χ3n) is 3.86. The van der Waals surface area contributed by atoms with Crippen molar-refractivity contribution in [1.82, 2.24) is 0 Å². The topological polar surface area (TPSA) is 9.23 Å². The second kappa shape index (κ2) is 6.76. The molecule has 0 aromatic heterocycles. The minimum absolute atomic E-state index is 0.694. The molecule has 0 radical (unpaired) electrons. The first-order valence-electron chi connectivity index (χ1n) is 7.64. The van der Waals surface area contributed by atoms with Gasteiger partial charge in [0.2, 0.25) is 0 Å². The Morgan fingerprint density at radius 1 is 0.909 bits per heavy atom. The highest BCUT2D eigenvalue weighted by Gasteiger charge is 2.13. The van der Waals surface area contributed by atoms with E-state index in [9.17, 15) is 0 Å². The minimum Gasteiger partial charge on any atom is -0.492 e. The van der Waals surface area contributed by atoms with Crippen LogP contribution in [-0.2, 0) is 0 Å². The average Bonchev–Trinajstić information content (AvgIpc) is 2.52. The summed E-state index contributed by atoms with van der Waals surface area (Å²) in [5.41, 5.74) is 0. The highest BCUT2D eigenvalue weighted by Crippen LogP contribution is 2.40. The molecule has 3 heteroatoms. The molecule has 0 aliphatic heterocycles. The largest absolute Gasteiger partial charge is 0.492 e. The summed E-state index contributed by atoms with van der Waals surface area (Å²) in [7, 11) is 0. The van der Waals surface area contributed by atoms with Crippen molar-refractivity contribution in [2.75, 3.05) is 6.61 Å². The van der Waals surface area contributed by atoms with Crippen molar-refractivity contribution in [3.63, 3.8) is 0 Å². The second-order valence-electron chi connectivity index (χ2n) is 5.43. The van der Waals surface area contributed by atoms with E-state index in [1.807, 2.05) is 36.4 Å². The number of rotatable bonds is 5. The number of benzene rings is 3. The Labute approximate surface area is 140 Å². The molecule has 0 atom stereocenters. The van der Waals surface area contributed by atoms with Gasteiger partial charge in [0.25, 0.3) is 0 Å². The Morgan fingerprint density at radius 2 is 1.68 bits per heavy atom. The molecule has 0 amide bonds. The molecule has 0 aliphatic rings. The molecule has 0 aliphatic carbocycles. The first kappa shape index (κ1) is 15.5. The molecule has 3 aromatic rings. The lowest BCUT2D eigenvalue weighted by Crippen LogP contribution is -1.99. The van der Waals surface area contributed by atoms with Gasteiger partial charge in [0.15, 0.2) is 0 Å². The highest BCUT2D eigenvalue weighted by atomic mass is 35.5. The third-order valence-corrected chi connectivity index (χ3v) is 4.51. The van der Waals surface area contributed by atoms with Crippen LogP contribution in [0.2, 0.25) is 10.0 Å². The van der Waals surface area contributed by atoms with Gasteiger partial charge in [-0.2, -0.15) is 0 Å². The predicted octanol–water partition coefficient (Wildman–Crippen LogP) is 6.87. The standard InChI is InChI=1S/C19H18Cl2O/c1-2-3-4-11-22-19-14-8-6-9-16(20)15(14)12-13-7-5-10-17(21)18(13)19/h5-10,12H,2-4,11H2,1H3. The predicted molar refractivity (Wildman–Crippen MR) is 96.5 cm³/mol. The summed E-state index contributed by atoms with van der Waals surface area (Å²) in [5, 5.41) is 5.49. The third kappa shape index (κ3) is 2.88. The normalized spacial score (nSPS) is 11.2. The molecule has 0 saturated heterocycles. The number of halogens is 2.